The van der Waals surface area contributed by atoms with E-state index < -0.39 is 0 Å². The van der Waals surface area contributed by atoms with Gasteiger partial charge in [0.1, 0.15) is 0 Å². The Kier molecular flexibility index (Phi) is 6.90. The average molecular weight is 328 g/mol. The lowest BCUT2D eigenvalue weighted by Gasteiger charge is -2.44. The number of hydrogen-bond acceptors (Lipinski definition) is 4. The van der Waals surface area contributed by atoms with Crippen molar-refractivity contribution in [2.75, 3.05) is 33.4 Å². The minimum atomic E-state index is -0.277. The van der Waals surface area contributed by atoms with E-state index in [2.05, 4.69) is 33.0 Å². The van der Waals surface area contributed by atoms with Gasteiger partial charge >= 0.3 is 0 Å². The van der Waals surface area contributed by atoms with Gasteiger partial charge in [0.2, 0.25) is 0 Å². The molecule has 4 nitrogen and oxygen atoms in total. The van der Waals surface area contributed by atoms with Crippen molar-refractivity contribution >= 4 is 0 Å². The predicted molar refractivity (Wildman–Crippen MR) is 93.5 cm³/mol. The molecule has 136 valence electrons. The summed E-state index contributed by atoms with van der Waals surface area (Å²) < 4.78 is 17.5. The minimum Gasteiger partial charge on any atom is -0.383 e. The maximum Gasteiger partial charge on any atom is 0.168 e. The average Bonchev–Trinajstić information content (AvgIpc) is 2.90. The molecule has 1 heterocycles. The molecule has 1 spiro atoms. The van der Waals surface area contributed by atoms with Crippen LogP contribution in [0.25, 0.3) is 0 Å². The van der Waals surface area contributed by atoms with E-state index in [4.69, 9.17) is 14.2 Å². The van der Waals surface area contributed by atoms with Crippen molar-refractivity contribution in [3.05, 3.63) is 0 Å². The second kappa shape index (κ2) is 8.28. The van der Waals surface area contributed by atoms with Crippen LogP contribution in [0.4, 0.5) is 0 Å². The molecule has 0 aromatic rings. The van der Waals surface area contributed by atoms with Gasteiger partial charge in [-0.25, -0.2) is 0 Å². The summed E-state index contributed by atoms with van der Waals surface area (Å²) in [5.41, 5.74) is 0.408. The van der Waals surface area contributed by atoms with Crippen LogP contribution in [0.3, 0.4) is 0 Å². The summed E-state index contributed by atoms with van der Waals surface area (Å²) in [6.07, 6.45) is 5.84. The second-order valence-corrected chi connectivity index (χ2v) is 8.24. The number of methoxy groups -OCH3 is 1. The Morgan fingerprint density at radius 2 is 1.91 bits per heavy atom. The molecule has 1 N–H and O–H groups in total. The molecule has 2 rings (SSSR count). The van der Waals surface area contributed by atoms with E-state index in [9.17, 15) is 0 Å². The van der Waals surface area contributed by atoms with Crippen LogP contribution in [-0.2, 0) is 14.2 Å². The summed E-state index contributed by atoms with van der Waals surface area (Å²) in [4.78, 5) is 0. The van der Waals surface area contributed by atoms with Crippen LogP contribution in [0.1, 0.15) is 59.8 Å². The van der Waals surface area contributed by atoms with E-state index >= 15 is 0 Å². The monoisotopic (exact) mass is 327 g/mol. The third-order valence-electron chi connectivity index (χ3n) is 6.33. The van der Waals surface area contributed by atoms with Gasteiger partial charge in [-0.3, -0.25) is 0 Å². The van der Waals surface area contributed by atoms with Crippen molar-refractivity contribution in [2.45, 2.75) is 71.7 Å². The first kappa shape index (κ1) is 19.2. The largest absolute Gasteiger partial charge is 0.383 e. The fourth-order valence-corrected chi connectivity index (χ4v) is 3.86. The van der Waals surface area contributed by atoms with E-state index in [-0.39, 0.29) is 11.9 Å². The van der Waals surface area contributed by atoms with Crippen LogP contribution >= 0.6 is 0 Å². The summed E-state index contributed by atoms with van der Waals surface area (Å²) in [5.74, 6) is 1.23. The zero-order valence-electron chi connectivity index (χ0n) is 15.8. The Bertz CT molecular complexity index is 349. The maximum absolute atomic E-state index is 6.32. The van der Waals surface area contributed by atoms with Crippen LogP contribution in [0.2, 0.25) is 0 Å². The molecular weight excluding hydrogens is 290 g/mol. The summed E-state index contributed by atoms with van der Waals surface area (Å²) >= 11 is 0. The third kappa shape index (κ3) is 4.91. The van der Waals surface area contributed by atoms with Gasteiger partial charge in [0.25, 0.3) is 0 Å². The summed E-state index contributed by atoms with van der Waals surface area (Å²) in [6, 6.07) is 0. The third-order valence-corrected chi connectivity index (χ3v) is 6.33. The lowest BCUT2D eigenvalue weighted by molar-refractivity contribution is -0.198. The zero-order valence-corrected chi connectivity index (χ0v) is 15.8. The second-order valence-electron chi connectivity index (χ2n) is 8.24. The highest BCUT2D eigenvalue weighted by Gasteiger charge is 2.46. The zero-order chi connectivity index (χ0) is 16.9. The molecule has 1 atom stereocenters. The lowest BCUT2D eigenvalue weighted by atomic mass is 9.64. The first-order valence-electron chi connectivity index (χ1n) is 9.41. The quantitative estimate of drug-likeness (QED) is 0.692. The van der Waals surface area contributed by atoms with Gasteiger partial charge < -0.3 is 19.5 Å². The van der Waals surface area contributed by atoms with E-state index in [0.29, 0.717) is 5.41 Å². The Balaban J connectivity index is 1.72. The van der Waals surface area contributed by atoms with Crippen LogP contribution in [0.5, 0.6) is 0 Å². The predicted octanol–water partition coefficient (Wildman–Crippen LogP) is 3.60. The van der Waals surface area contributed by atoms with Crippen molar-refractivity contribution in [1.29, 1.82) is 0 Å². The van der Waals surface area contributed by atoms with Crippen LogP contribution in [0.15, 0.2) is 0 Å². The summed E-state index contributed by atoms with van der Waals surface area (Å²) in [5, 5.41) is 3.38. The first-order chi connectivity index (χ1) is 10.9. The fourth-order valence-electron chi connectivity index (χ4n) is 3.86. The number of hydrogen-bond donors (Lipinski definition) is 1. The van der Waals surface area contributed by atoms with Gasteiger partial charge in [-0.1, -0.05) is 27.7 Å². The molecule has 0 aromatic heterocycles. The van der Waals surface area contributed by atoms with Gasteiger partial charge in [-0.2, -0.15) is 0 Å². The van der Waals surface area contributed by atoms with Crippen molar-refractivity contribution in [1.82, 2.24) is 5.32 Å². The molecule has 2 aliphatic rings. The standard InChI is InChI=1S/C19H37NO3/c1-15(2)18(3,4)16-6-9-19(10-7-16)22-14-17(23-19)8-11-20-12-13-21-5/h15-17,20H,6-14H2,1-5H3. The van der Waals surface area contributed by atoms with Crippen LogP contribution in [0, 0.1) is 17.3 Å². The van der Waals surface area contributed by atoms with Gasteiger partial charge in [-0.15, -0.1) is 0 Å². The van der Waals surface area contributed by atoms with Gasteiger partial charge in [0.15, 0.2) is 5.79 Å². The normalized spacial score (nSPS) is 32.1. The number of ether oxygens (including phenoxy) is 3. The molecule has 1 aliphatic heterocycles. The molecule has 0 bridgehead atoms. The number of rotatable bonds is 8. The fraction of sp³-hybridized carbons (Fsp3) is 1.00. The van der Waals surface area contributed by atoms with E-state index in [1.54, 1.807) is 7.11 Å². The topological polar surface area (TPSA) is 39.7 Å². The molecular formula is C19H37NO3. The minimum absolute atomic E-state index is 0.250. The molecule has 1 saturated heterocycles. The van der Waals surface area contributed by atoms with Crippen molar-refractivity contribution in [3.8, 4) is 0 Å². The van der Waals surface area contributed by atoms with Crippen molar-refractivity contribution < 1.29 is 14.2 Å². The Morgan fingerprint density at radius 1 is 1.22 bits per heavy atom. The number of nitrogens with one attached hydrogen (secondary N) is 1. The molecule has 1 saturated carbocycles. The Hall–Kier alpha value is -0.160. The molecule has 0 aromatic carbocycles. The van der Waals surface area contributed by atoms with Crippen LogP contribution in [-0.4, -0.2) is 45.3 Å². The van der Waals surface area contributed by atoms with Crippen molar-refractivity contribution in [3.63, 3.8) is 0 Å². The van der Waals surface area contributed by atoms with Gasteiger partial charge in [0, 0.05) is 26.5 Å². The van der Waals surface area contributed by atoms with Crippen LogP contribution < -0.4 is 5.32 Å². The smallest absolute Gasteiger partial charge is 0.168 e. The van der Waals surface area contributed by atoms with E-state index in [1.165, 1.54) is 12.8 Å². The molecule has 1 unspecified atom stereocenters. The molecule has 0 radical (unpaired) electrons. The van der Waals surface area contributed by atoms with Gasteiger partial charge in [0.05, 0.1) is 19.3 Å². The molecule has 1 aliphatic carbocycles. The molecule has 23 heavy (non-hydrogen) atoms. The van der Waals surface area contributed by atoms with Crippen molar-refractivity contribution in [2.24, 2.45) is 17.3 Å². The maximum atomic E-state index is 6.32. The van der Waals surface area contributed by atoms with E-state index in [0.717, 1.165) is 57.4 Å². The summed E-state index contributed by atoms with van der Waals surface area (Å²) in [6.45, 7) is 12.9. The summed E-state index contributed by atoms with van der Waals surface area (Å²) in [7, 11) is 1.73. The first-order valence-corrected chi connectivity index (χ1v) is 9.41. The SMILES string of the molecule is COCCNCCC1COC2(CCC(C(C)(C)C(C)C)CC2)O1. The molecule has 0 amide bonds. The highest BCUT2D eigenvalue weighted by atomic mass is 16.7. The highest BCUT2D eigenvalue weighted by molar-refractivity contribution is 4.91. The lowest BCUT2D eigenvalue weighted by Crippen LogP contribution is -2.41. The Morgan fingerprint density at radius 3 is 2.52 bits per heavy atom. The van der Waals surface area contributed by atoms with E-state index in [1.807, 2.05) is 0 Å². The van der Waals surface area contributed by atoms with Gasteiger partial charge in [-0.05, 0) is 43.1 Å². The Labute approximate surface area is 142 Å². The molecule has 4 heteroatoms. The highest BCUT2D eigenvalue weighted by Crippen LogP contribution is 2.48. The molecule has 2 fully saturated rings.